The predicted octanol–water partition coefficient (Wildman–Crippen LogP) is 4.13. The van der Waals surface area contributed by atoms with Gasteiger partial charge in [0.25, 0.3) is 5.56 Å². The van der Waals surface area contributed by atoms with E-state index in [1.54, 1.807) is 41.5 Å². The van der Waals surface area contributed by atoms with E-state index in [1.165, 1.54) is 15.7 Å². The van der Waals surface area contributed by atoms with Gasteiger partial charge in [-0.3, -0.25) is 19.0 Å². The molecule has 0 radical (unpaired) electrons. The molecule has 8 nitrogen and oxygen atoms in total. The molecular weight excluding hydrogens is 484 g/mol. The summed E-state index contributed by atoms with van der Waals surface area (Å²) in [6.45, 7) is 4.11. The third-order valence-electron chi connectivity index (χ3n) is 5.62. The van der Waals surface area contributed by atoms with Crippen LogP contribution in [0.15, 0.2) is 65.0 Å². The Morgan fingerprint density at radius 3 is 2.60 bits per heavy atom. The number of pyridine rings is 1. The van der Waals surface area contributed by atoms with Crippen molar-refractivity contribution in [1.82, 2.24) is 29.5 Å². The number of aromatic nitrogens is 5. The number of thiazole rings is 1. The minimum atomic E-state index is -0.244. The van der Waals surface area contributed by atoms with E-state index in [4.69, 9.17) is 11.6 Å². The third kappa shape index (κ3) is 4.60. The van der Waals surface area contributed by atoms with E-state index >= 15 is 0 Å². The van der Waals surface area contributed by atoms with Crippen molar-refractivity contribution < 1.29 is 4.79 Å². The number of carbonyl (C=O) groups is 1. The molecule has 0 unspecified atom stereocenters. The fourth-order valence-electron chi connectivity index (χ4n) is 3.89. The molecule has 10 heteroatoms. The topological polar surface area (TPSA) is 94.2 Å². The van der Waals surface area contributed by atoms with Crippen molar-refractivity contribution in [2.75, 3.05) is 0 Å². The largest absolute Gasteiger partial charge is 0.352 e. The van der Waals surface area contributed by atoms with Gasteiger partial charge in [-0.25, -0.2) is 9.67 Å². The van der Waals surface area contributed by atoms with Gasteiger partial charge in [-0.15, -0.1) is 11.3 Å². The first kappa shape index (κ1) is 22.9. The maximum absolute atomic E-state index is 13.6. The molecule has 0 aliphatic rings. The predicted molar refractivity (Wildman–Crippen MR) is 136 cm³/mol. The molecule has 0 saturated carbocycles. The van der Waals surface area contributed by atoms with Crippen molar-refractivity contribution in [1.29, 1.82) is 0 Å². The van der Waals surface area contributed by atoms with E-state index in [-0.39, 0.29) is 17.9 Å². The minimum Gasteiger partial charge on any atom is -0.352 e. The summed E-state index contributed by atoms with van der Waals surface area (Å²) in [5.74, 6) is -0.182. The summed E-state index contributed by atoms with van der Waals surface area (Å²) in [6, 6.07) is 12.9. The first-order chi connectivity index (χ1) is 16.9. The average Bonchev–Trinajstić information content (AvgIpc) is 3.42. The fraction of sp³-hybridized carbons (Fsp3) is 0.160. The number of nitrogens with zero attached hydrogens (tertiary/aromatic N) is 5. The molecule has 0 aliphatic carbocycles. The number of nitrogens with one attached hydrogen (secondary N) is 1. The smallest absolute Gasteiger partial charge is 0.268 e. The quantitative estimate of drug-likeness (QED) is 0.375. The molecule has 0 saturated heterocycles. The van der Waals surface area contributed by atoms with Gasteiger partial charge in [-0.2, -0.15) is 5.10 Å². The number of hydrogen-bond acceptors (Lipinski definition) is 6. The van der Waals surface area contributed by atoms with Crippen molar-refractivity contribution in [3.05, 3.63) is 98.3 Å². The third-order valence-corrected chi connectivity index (χ3v) is 6.74. The van der Waals surface area contributed by atoms with E-state index in [2.05, 4.69) is 20.4 Å². The lowest BCUT2D eigenvalue weighted by Gasteiger charge is -2.07. The highest BCUT2D eigenvalue weighted by Crippen LogP contribution is 2.24. The molecule has 0 fully saturated rings. The zero-order valence-corrected chi connectivity index (χ0v) is 20.6. The number of carbonyl (C=O) groups excluding carboxylic acids is 1. The lowest BCUT2D eigenvalue weighted by Crippen LogP contribution is -2.27. The van der Waals surface area contributed by atoms with Crippen LogP contribution < -0.4 is 10.9 Å². The van der Waals surface area contributed by atoms with Crippen LogP contribution in [0, 0.1) is 13.8 Å². The second-order valence-electron chi connectivity index (χ2n) is 8.09. The van der Waals surface area contributed by atoms with E-state index in [0.717, 1.165) is 16.9 Å². The van der Waals surface area contributed by atoms with Gasteiger partial charge in [0.05, 0.1) is 23.4 Å². The Bertz CT molecular complexity index is 1590. The molecule has 176 valence electrons. The first-order valence-electron chi connectivity index (χ1n) is 10.9. The number of benzene rings is 1. The summed E-state index contributed by atoms with van der Waals surface area (Å²) in [7, 11) is 0. The Kier molecular flexibility index (Phi) is 6.19. The molecule has 4 aromatic heterocycles. The lowest BCUT2D eigenvalue weighted by molar-refractivity contribution is -0.120. The standard InChI is InChI=1S/C25H21ClN6O2S/c1-15-11-21(30-32(15)19-5-3-18(26)4-6-19)23-16(2)29-25-31(24(23)34)20(14-35-25)12-22(33)28-13-17-7-9-27-10-8-17/h3-11,14H,12-13H2,1-2H3,(H,28,33). The van der Waals surface area contributed by atoms with Gasteiger partial charge in [-0.05, 0) is 61.9 Å². The highest BCUT2D eigenvalue weighted by Gasteiger charge is 2.20. The van der Waals surface area contributed by atoms with Crippen molar-refractivity contribution in [3.63, 3.8) is 0 Å². The van der Waals surface area contributed by atoms with Crippen LogP contribution in [0.1, 0.15) is 22.6 Å². The maximum Gasteiger partial charge on any atom is 0.268 e. The fourth-order valence-corrected chi connectivity index (χ4v) is 4.94. The van der Waals surface area contributed by atoms with Crippen molar-refractivity contribution >= 4 is 33.8 Å². The van der Waals surface area contributed by atoms with Gasteiger partial charge in [0, 0.05) is 40.7 Å². The summed E-state index contributed by atoms with van der Waals surface area (Å²) in [4.78, 5) is 35.4. The van der Waals surface area contributed by atoms with Crippen LogP contribution in [0.3, 0.4) is 0 Å². The Morgan fingerprint density at radius 2 is 1.86 bits per heavy atom. The van der Waals surface area contributed by atoms with E-state index in [0.29, 0.717) is 39.2 Å². The van der Waals surface area contributed by atoms with Gasteiger partial charge < -0.3 is 5.32 Å². The van der Waals surface area contributed by atoms with E-state index in [9.17, 15) is 9.59 Å². The van der Waals surface area contributed by atoms with Crippen LogP contribution in [-0.2, 0) is 17.8 Å². The van der Waals surface area contributed by atoms with Crippen LogP contribution in [0.25, 0.3) is 21.9 Å². The highest BCUT2D eigenvalue weighted by molar-refractivity contribution is 7.15. The van der Waals surface area contributed by atoms with Gasteiger partial charge in [0.1, 0.15) is 5.69 Å². The zero-order valence-electron chi connectivity index (χ0n) is 19.0. The van der Waals surface area contributed by atoms with E-state index < -0.39 is 0 Å². The lowest BCUT2D eigenvalue weighted by atomic mass is 10.1. The molecule has 0 spiro atoms. The van der Waals surface area contributed by atoms with Crippen molar-refractivity contribution in [2.45, 2.75) is 26.8 Å². The number of rotatable bonds is 6. The molecule has 35 heavy (non-hydrogen) atoms. The van der Waals surface area contributed by atoms with Crippen molar-refractivity contribution in [2.24, 2.45) is 0 Å². The molecule has 1 amide bonds. The summed E-state index contributed by atoms with van der Waals surface area (Å²) >= 11 is 7.35. The minimum absolute atomic E-state index is 0.0629. The number of amides is 1. The number of halogens is 1. The average molecular weight is 505 g/mol. The SMILES string of the molecule is Cc1nc2scc(CC(=O)NCc3ccncc3)n2c(=O)c1-c1cc(C)n(-c2ccc(Cl)cc2)n1. The number of fused-ring (bicyclic) bond motifs is 1. The molecular formula is C25H21ClN6O2S. The van der Waals surface area contributed by atoms with Crippen LogP contribution in [0.5, 0.6) is 0 Å². The molecule has 0 aliphatic heterocycles. The molecule has 0 atom stereocenters. The summed E-state index contributed by atoms with van der Waals surface area (Å²) in [5.41, 5.74) is 4.53. The Labute approximate surface area is 209 Å². The normalized spacial score (nSPS) is 11.2. The number of aryl methyl sites for hydroxylation is 2. The zero-order chi connectivity index (χ0) is 24.5. The van der Waals surface area contributed by atoms with Crippen LogP contribution >= 0.6 is 22.9 Å². The van der Waals surface area contributed by atoms with Gasteiger partial charge in [0.15, 0.2) is 4.96 Å². The van der Waals surface area contributed by atoms with Crippen LogP contribution in [0.4, 0.5) is 0 Å². The summed E-state index contributed by atoms with van der Waals surface area (Å²) in [5, 5.41) is 10.0. The second-order valence-corrected chi connectivity index (χ2v) is 9.36. The van der Waals surface area contributed by atoms with Crippen LogP contribution in [0.2, 0.25) is 5.02 Å². The van der Waals surface area contributed by atoms with Crippen LogP contribution in [-0.4, -0.2) is 30.1 Å². The van der Waals surface area contributed by atoms with Gasteiger partial charge in [-0.1, -0.05) is 11.6 Å². The van der Waals surface area contributed by atoms with Crippen molar-refractivity contribution in [3.8, 4) is 16.9 Å². The molecule has 5 aromatic rings. The monoisotopic (exact) mass is 504 g/mol. The second kappa shape index (κ2) is 9.44. The molecule has 1 N–H and O–H groups in total. The maximum atomic E-state index is 13.6. The van der Waals surface area contributed by atoms with Gasteiger partial charge in [0.2, 0.25) is 5.91 Å². The van der Waals surface area contributed by atoms with Gasteiger partial charge >= 0.3 is 0 Å². The summed E-state index contributed by atoms with van der Waals surface area (Å²) < 4.78 is 3.27. The highest BCUT2D eigenvalue weighted by atomic mass is 35.5. The Hall–Kier alpha value is -3.82. The molecule has 0 bridgehead atoms. The first-order valence-corrected chi connectivity index (χ1v) is 12.1. The number of hydrogen-bond donors (Lipinski definition) is 1. The molecule has 1 aromatic carbocycles. The summed E-state index contributed by atoms with van der Waals surface area (Å²) in [6.07, 6.45) is 3.42. The Morgan fingerprint density at radius 1 is 1.11 bits per heavy atom. The molecule has 5 rings (SSSR count). The molecule has 4 heterocycles. The Balaban J connectivity index is 1.47. The van der Waals surface area contributed by atoms with E-state index in [1.807, 2.05) is 37.3 Å².